The molecule has 0 aliphatic heterocycles. The summed E-state index contributed by atoms with van der Waals surface area (Å²) >= 11 is 0. The summed E-state index contributed by atoms with van der Waals surface area (Å²) in [6.45, 7) is 0. The highest BCUT2D eigenvalue weighted by Gasteiger charge is 1.92. The van der Waals surface area contributed by atoms with Gasteiger partial charge in [0, 0.05) is 0 Å². The molecule has 0 spiro atoms. The molecule has 1 rings (SSSR count). The van der Waals surface area contributed by atoms with E-state index in [-0.39, 0.29) is 0 Å². The fourth-order valence-electron chi connectivity index (χ4n) is 0.683. The summed E-state index contributed by atoms with van der Waals surface area (Å²) in [6, 6.07) is 9.77. The van der Waals surface area contributed by atoms with Crippen LogP contribution in [0.2, 0.25) is 0 Å². The second-order valence-corrected chi connectivity index (χ2v) is 2.43. The summed E-state index contributed by atoms with van der Waals surface area (Å²) in [5.74, 6) is 5.07. The highest BCUT2D eigenvalue weighted by molar-refractivity contribution is 7.08. The molecule has 3 N–H and O–H groups in total. The van der Waals surface area contributed by atoms with Crippen molar-refractivity contribution in [1.29, 1.82) is 0 Å². The number of rotatable bonds is 2. The van der Waals surface area contributed by atoms with Crippen LogP contribution in [0, 0.1) is 0 Å². The standard InChI is InChI=1S/C6H10N3P/c7-8-9(10)6-4-2-1-3-5-6/h1-5,9H,7,10H2. The average Bonchev–Trinajstić information content (AvgIpc) is 2.05. The molecule has 0 bridgehead atoms. The molecule has 10 heavy (non-hydrogen) atoms. The number of nitrogens with zero attached hydrogens (tertiary/aromatic N) is 1. The summed E-state index contributed by atoms with van der Waals surface area (Å²) in [6.07, 6.45) is 0. The van der Waals surface area contributed by atoms with E-state index in [1.54, 1.807) is 0 Å². The van der Waals surface area contributed by atoms with Gasteiger partial charge in [0.2, 0.25) is 0 Å². The van der Waals surface area contributed by atoms with Crippen LogP contribution in [0.5, 0.6) is 0 Å². The number of quaternary nitrogens is 1. The van der Waals surface area contributed by atoms with Crippen LogP contribution in [0.4, 0.5) is 5.69 Å². The Morgan fingerprint density at radius 1 is 1.30 bits per heavy atom. The Balaban J connectivity index is 2.75. The first-order valence-corrected chi connectivity index (χ1v) is 3.51. The predicted octanol–water partition coefficient (Wildman–Crippen LogP) is 0.155. The van der Waals surface area contributed by atoms with E-state index in [1.165, 1.54) is 0 Å². The quantitative estimate of drug-likeness (QED) is 0.356. The van der Waals surface area contributed by atoms with Crippen molar-refractivity contribution in [2.24, 2.45) is 5.84 Å². The lowest BCUT2D eigenvalue weighted by Gasteiger charge is -2.21. The highest BCUT2D eigenvalue weighted by Crippen LogP contribution is 1.99. The third-order valence-corrected chi connectivity index (χ3v) is 1.69. The molecular formula is C6H10N3P. The fourth-order valence-corrected chi connectivity index (χ4v) is 0.876. The smallest absolute Gasteiger partial charge is 0.123 e. The lowest BCUT2D eigenvalue weighted by Crippen LogP contribution is -2.93. The van der Waals surface area contributed by atoms with Crippen molar-refractivity contribution in [3.8, 4) is 0 Å². The van der Waals surface area contributed by atoms with Crippen LogP contribution >= 0.6 is 9.39 Å². The van der Waals surface area contributed by atoms with E-state index in [1.807, 2.05) is 30.3 Å². The van der Waals surface area contributed by atoms with E-state index in [0.717, 1.165) is 10.5 Å². The Labute approximate surface area is 62.4 Å². The van der Waals surface area contributed by atoms with Crippen LogP contribution in [0.25, 0.3) is 5.53 Å². The first-order chi connectivity index (χ1) is 4.84. The maximum atomic E-state index is 5.07. The molecule has 2 atom stereocenters. The summed E-state index contributed by atoms with van der Waals surface area (Å²) in [7, 11) is 2.47. The molecular weight excluding hydrogens is 145 g/mol. The normalized spacial score (nSPS) is 13.0. The van der Waals surface area contributed by atoms with Crippen LogP contribution in [-0.2, 0) is 0 Å². The molecule has 0 saturated carbocycles. The first-order valence-electron chi connectivity index (χ1n) is 2.93. The monoisotopic (exact) mass is 155 g/mol. The van der Waals surface area contributed by atoms with Gasteiger partial charge >= 0.3 is 0 Å². The van der Waals surface area contributed by atoms with Gasteiger partial charge in [0.25, 0.3) is 0 Å². The zero-order valence-electron chi connectivity index (χ0n) is 5.49. The molecule has 0 aliphatic carbocycles. The second-order valence-electron chi connectivity index (χ2n) is 1.88. The molecule has 0 aliphatic rings. The van der Waals surface area contributed by atoms with Crippen molar-refractivity contribution in [3.63, 3.8) is 0 Å². The van der Waals surface area contributed by atoms with Gasteiger partial charge in [-0.15, -0.1) is 0 Å². The third-order valence-electron chi connectivity index (χ3n) is 1.21. The van der Waals surface area contributed by atoms with Gasteiger partial charge in [0.1, 0.15) is 5.69 Å². The van der Waals surface area contributed by atoms with Crippen LogP contribution in [-0.4, -0.2) is 0 Å². The van der Waals surface area contributed by atoms with E-state index < -0.39 is 0 Å². The van der Waals surface area contributed by atoms with E-state index in [2.05, 4.69) is 14.9 Å². The largest absolute Gasteiger partial charge is 0.390 e. The van der Waals surface area contributed by atoms with Gasteiger partial charge in [-0.05, 0) is 12.1 Å². The SMILES string of the molecule is N[N-][NH+](P)c1ccccc1. The van der Waals surface area contributed by atoms with Crippen molar-refractivity contribution < 1.29 is 4.78 Å². The van der Waals surface area contributed by atoms with Crippen LogP contribution in [0.1, 0.15) is 0 Å². The predicted molar refractivity (Wildman–Crippen MR) is 44.3 cm³/mol. The van der Waals surface area contributed by atoms with Crippen molar-refractivity contribution in [1.82, 2.24) is 0 Å². The number of nitrogens with one attached hydrogen (secondary N) is 1. The Bertz CT molecular complexity index is 189. The minimum absolute atomic E-state index is 0.778. The second kappa shape index (κ2) is 3.64. The number of nitrogens with two attached hydrogens (primary N) is 1. The van der Waals surface area contributed by atoms with Gasteiger partial charge in [-0.2, -0.15) is 0 Å². The molecule has 0 fully saturated rings. The number of benzene rings is 1. The molecule has 1 aromatic rings. The van der Waals surface area contributed by atoms with Crippen molar-refractivity contribution >= 4 is 15.1 Å². The van der Waals surface area contributed by atoms with Crippen LogP contribution in [0.15, 0.2) is 30.3 Å². The Morgan fingerprint density at radius 2 is 1.90 bits per heavy atom. The third kappa shape index (κ3) is 1.75. The molecule has 0 saturated heterocycles. The molecule has 0 heterocycles. The first kappa shape index (κ1) is 7.63. The number of hydrogen-bond acceptors (Lipinski definition) is 1. The van der Waals surface area contributed by atoms with Gasteiger partial charge in [0.15, 0.2) is 0 Å². The molecule has 54 valence electrons. The molecule has 0 aromatic heterocycles. The van der Waals surface area contributed by atoms with Gasteiger partial charge in [-0.25, -0.2) is 0 Å². The van der Waals surface area contributed by atoms with Crippen molar-refractivity contribution in [2.45, 2.75) is 0 Å². The fraction of sp³-hybridized carbons (Fsp3) is 0. The lowest BCUT2D eigenvalue weighted by atomic mass is 10.3. The lowest BCUT2D eigenvalue weighted by molar-refractivity contribution is -0.636. The minimum Gasteiger partial charge on any atom is -0.390 e. The van der Waals surface area contributed by atoms with Crippen molar-refractivity contribution in [3.05, 3.63) is 35.9 Å². The topological polar surface area (TPSA) is 44.6 Å². The summed E-state index contributed by atoms with van der Waals surface area (Å²) in [5, 5.41) is 0. The Morgan fingerprint density at radius 3 is 2.40 bits per heavy atom. The molecule has 0 radical (unpaired) electrons. The highest BCUT2D eigenvalue weighted by atomic mass is 31.0. The molecule has 3 nitrogen and oxygen atoms in total. The van der Waals surface area contributed by atoms with Gasteiger partial charge in [-0.3, -0.25) is 0 Å². The zero-order valence-corrected chi connectivity index (χ0v) is 6.64. The molecule has 0 amide bonds. The zero-order chi connectivity index (χ0) is 7.40. The Kier molecular flexibility index (Phi) is 2.78. The molecule has 4 heteroatoms. The average molecular weight is 155 g/mol. The summed E-state index contributed by atoms with van der Waals surface area (Å²) in [4.78, 5) is 0. The van der Waals surface area contributed by atoms with Crippen LogP contribution < -0.4 is 10.6 Å². The van der Waals surface area contributed by atoms with E-state index in [4.69, 9.17) is 5.84 Å². The summed E-state index contributed by atoms with van der Waals surface area (Å²) < 4.78 is 0.778. The minimum atomic E-state index is 0.778. The Hall–Kier alpha value is -0.470. The van der Waals surface area contributed by atoms with E-state index in [9.17, 15) is 0 Å². The van der Waals surface area contributed by atoms with Gasteiger partial charge < -0.3 is 16.2 Å². The van der Waals surface area contributed by atoms with Gasteiger partial charge in [-0.1, -0.05) is 18.2 Å². The van der Waals surface area contributed by atoms with E-state index in [0.29, 0.717) is 0 Å². The molecule has 1 aromatic carbocycles. The van der Waals surface area contributed by atoms with Gasteiger partial charge in [0.05, 0.1) is 9.39 Å². The maximum Gasteiger partial charge on any atom is 0.123 e. The van der Waals surface area contributed by atoms with Crippen LogP contribution in [0.3, 0.4) is 0 Å². The van der Waals surface area contributed by atoms with Crippen molar-refractivity contribution in [2.75, 3.05) is 0 Å². The molecule has 2 unspecified atom stereocenters. The number of hydrogen-bond donors (Lipinski definition) is 2. The summed E-state index contributed by atoms with van der Waals surface area (Å²) in [5.41, 5.74) is 4.58. The van der Waals surface area contributed by atoms with E-state index >= 15 is 0 Å². The maximum absolute atomic E-state index is 5.07.